The second-order valence-corrected chi connectivity index (χ2v) is 5.11. The number of aromatic nitrogens is 1. The van der Waals surface area contributed by atoms with Crippen LogP contribution in [0.5, 0.6) is 0 Å². The molecule has 0 spiro atoms. The summed E-state index contributed by atoms with van der Waals surface area (Å²) in [4.78, 5) is 4.28. The fourth-order valence-electron chi connectivity index (χ4n) is 1.96. The first-order chi connectivity index (χ1) is 7.75. The van der Waals surface area contributed by atoms with Gasteiger partial charge in [0, 0.05) is 6.54 Å². The van der Waals surface area contributed by atoms with Crippen LogP contribution in [0.3, 0.4) is 0 Å². The van der Waals surface area contributed by atoms with Gasteiger partial charge in [-0.25, -0.2) is 4.98 Å². The second kappa shape index (κ2) is 5.48. The predicted octanol–water partition coefficient (Wildman–Crippen LogP) is 3.92. The molecule has 1 aromatic heterocycles. The highest BCUT2D eigenvalue weighted by Gasteiger charge is 2.09. The SMILES string of the molecule is Cc1cc(NCC2CC=CCC2)cnc1Br. The van der Waals surface area contributed by atoms with E-state index in [1.54, 1.807) is 0 Å². The molecule has 2 nitrogen and oxygen atoms in total. The number of rotatable bonds is 3. The van der Waals surface area contributed by atoms with Gasteiger partial charge >= 0.3 is 0 Å². The molecule has 1 heterocycles. The number of anilines is 1. The molecule has 1 atom stereocenters. The molecule has 0 fully saturated rings. The molecule has 3 heteroatoms. The van der Waals surface area contributed by atoms with Crippen molar-refractivity contribution in [1.29, 1.82) is 0 Å². The van der Waals surface area contributed by atoms with Crippen molar-refractivity contribution in [2.75, 3.05) is 11.9 Å². The number of halogens is 1. The molecule has 0 aliphatic heterocycles. The minimum Gasteiger partial charge on any atom is -0.384 e. The molecule has 0 amide bonds. The maximum absolute atomic E-state index is 4.28. The molecule has 86 valence electrons. The Balaban J connectivity index is 1.89. The van der Waals surface area contributed by atoms with Crippen LogP contribution in [0.25, 0.3) is 0 Å². The molecule has 1 unspecified atom stereocenters. The van der Waals surface area contributed by atoms with Gasteiger partial charge in [0.1, 0.15) is 4.60 Å². The highest BCUT2D eigenvalue weighted by atomic mass is 79.9. The molecule has 0 bridgehead atoms. The standard InChI is InChI=1S/C13H17BrN2/c1-10-7-12(9-16-13(10)14)15-8-11-5-3-2-4-6-11/h2-3,7,9,11,15H,4-6,8H2,1H3. The lowest BCUT2D eigenvalue weighted by molar-refractivity contribution is 0.504. The van der Waals surface area contributed by atoms with E-state index in [-0.39, 0.29) is 0 Å². The van der Waals surface area contributed by atoms with Crippen LogP contribution in [0, 0.1) is 12.8 Å². The first-order valence-corrected chi connectivity index (χ1v) is 6.56. The number of allylic oxidation sites excluding steroid dienone is 2. The summed E-state index contributed by atoms with van der Waals surface area (Å²) < 4.78 is 0.929. The average Bonchev–Trinajstić information content (AvgIpc) is 2.32. The van der Waals surface area contributed by atoms with Crippen molar-refractivity contribution >= 4 is 21.6 Å². The van der Waals surface area contributed by atoms with Crippen LogP contribution >= 0.6 is 15.9 Å². The molecule has 1 aromatic rings. The van der Waals surface area contributed by atoms with E-state index in [0.29, 0.717) is 0 Å². The molecule has 1 aliphatic rings. The van der Waals surface area contributed by atoms with Crippen LogP contribution in [-0.2, 0) is 0 Å². The Bertz CT molecular complexity index is 388. The molecular weight excluding hydrogens is 264 g/mol. The van der Waals surface area contributed by atoms with E-state index in [2.05, 4.69) is 51.4 Å². The summed E-state index contributed by atoms with van der Waals surface area (Å²) in [6.07, 6.45) is 10.2. The van der Waals surface area contributed by atoms with E-state index in [9.17, 15) is 0 Å². The minimum absolute atomic E-state index is 0.772. The zero-order chi connectivity index (χ0) is 11.4. The highest BCUT2D eigenvalue weighted by molar-refractivity contribution is 9.10. The van der Waals surface area contributed by atoms with Crippen molar-refractivity contribution in [3.8, 4) is 0 Å². The van der Waals surface area contributed by atoms with Crippen molar-refractivity contribution < 1.29 is 0 Å². The van der Waals surface area contributed by atoms with Crippen LogP contribution < -0.4 is 5.32 Å². The molecule has 0 radical (unpaired) electrons. The molecule has 1 N–H and O–H groups in total. The number of aryl methyl sites for hydroxylation is 1. The lowest BCUT2D eigenvalue weighted by atomic mass is 9.94. The lowest BCUT2D eigenvalue weighted by Gasteiger charge is -2.18. The van der Waals surface area contributed by atoms with Gasteiger partial charge in [-0.2, -0.15) is 0 Å². The van der Waals surface area contributed by atoms with Crippen LogP contribution in [0.2, 0.25) is 0 Å². The Morgan fingerprint density at radius 2 is 2.38 bits per heavy atom. The smallest absolute Gasteiger partial charge is 0.109 e. The van der Waals surface area contributed by atoms with Crippen molar-refractivity contribution in [1.82, 2.24) is 4.98 Å². The molecule has 16 heavy (non-hydrogen) atoms. The maximum Gasteiger partial charge on any atom is 0.109 e. The predicted molar refractivity (Wildman–Crippen MR) is 71.6 cm³/mol. The number of pyridine rings is 1. The molecule has 1 aliphatic carbocycles. The summed E-state index contributed by atoms with van der Waals surface area (Å²) in [5.74, 6) is 0.772. The Hall–Kier alpha value is -0.830. The van der Waals surface area contributed by atoms with E-state index >= 15 is 0 Å². The summed E-state index contributed by atoms with van der Waals surface area (Å²) >= 11 is 3.41. The Morgan fingerprint density at radius 3 is 3.06 bits per heavy atom. The van der Waals surface area contributed by atoms with Crippen molar-refractivity contribution in [3.63, 3.8) is 0 Å². The van der Waals surface area contributed by atoms with E-state index in [1.807, 2.05) is 6.20 Å². The summed E-state index contributed by atoms with van der Waals surface area (Å²) in [6.45, 7) is 3.11. The fourth-order valence-corrected chi connectivity index (χ4v) is 2.18. The molecular formula is C13H17BrN2. The molecule has 0 saturated heterocycles. The highest BCUT2D eigenvalue weighted by Crippen LogP contribution is 2.20. The van der Waals surface area contributed by atoms with E-state index in [4.69, 9.17) is 0 Å². The Kier molecular flexibility index (Phi) is 3.99. The lowest BCUT2D eigenvalue weighted by Crippen LogP contribution is -2.15. The van der Waals surface area contributed by atoms with Gasteiger partial charge in [0.25, 0.3) is 0 Å². The van der Waals surface area contributed by atoms with Gasteiger partial charge < -0.3 is 5.32 Å². The van der Waals surface area contributed by atoms with Gasteiger partial charge in [0.2, 0.25) is 0 Å². The van der Waals surface area contributed by atoms with E-state index in [1.165, 1.54) is 24.8 Å². The second-order valence-electron chi connectivity index (χ2n) is 4.36. The fraction of sp³-hybridized carbons (Fsp3) is 0.462. The summed E-state index contributed by atoms with van der Waals surface area (Å²) in [5, 5.41) is 3.47. The van der Waals surface area contributed by atoms with Crippen molar-refractivity contribution in [2.45, 2.75) is 26.2 Å². The maximum atomic E-state index is 4.28. The summed E-state index contributed by atoms with van der Waals surface area (Å²) in [7, 11) is 0. The number of hydrogen-bond donors (Lipinski definition) is 1. The van der Waals surface area contributed by atoms with Crippen molar-refractivity contribution in [2.24, 2.45) is 5.92 Å². The third-order valence-corrected chi connectivity index (χ3v) is 3.82. The normalized spacial score (nSPS) is 19.8. The molecule has 0 aromatic carbocycles. The summed E-state index contributed by atoms with van der Waals surface area (Å²) in [6, 6.07) is 2.13. The van der Waals surface area contributed by atoms with Gasteiger partial charge in [0.15, 0.2) is 0 Å². The van der Waals surface area contributed by atoms with Gasteiger partial charge in [-0.05, 0) is 59.7 Å². The first kappa shape index (κ1) is 11.6. The van der Waals surface area contributed by atoms with E-state index in [0.717, 1.165) is 22.8 Å². The number of hydrogen-bond acceptors (Lipinski definition) is 2. The van der Waals surface area contributed by atoms with E-state index < -0.39 is 0 Å². The zero-order valence-corrected chi connectivity index (χ0v) is 11.1. The van der Waals surface area contributed by atoms with Crippen LogP contribution in [0.15, 0.2) is 29.0 Å². The largest absolute Gasteiger partial charge is 0.384 e. The average molecular weight is 281 g/mol. The van der Waals surface area contributed by atoms with Crippen LogP contribution in [0.1, 0.15) is 24.8 Å². The first-order valence-electron chi connectivity index (χ1n) is 5.76. The Labute approximate surface area is 105 Å². The van der Waals surface area contributed by atoms with Gasteiger partial charge in [-0.3, -0.25) is 0 Å². The quantitative estimate of drug-likeness (QED) is 0.671. The van der Waals surface area contributed by atoms with Gasteiger partial charge in [0.05, 0.1) is 11.9 Å². The van der Waals surface area contributed by atoms with Gasteiger partial charge in [-0.15, -0.1) is 0 Å². The zero-order valence-electron chi connectivity index (χ0n) is 9.54. The topological polar surface area (TPSA) is 24.9 Å². The van der Waals surface area contributed by atoms with Gasteiger partial charge in [-0.1, -0.05) is 12.2 Å². The minimum atomic E-state index is 0.772. The third-order valence-electron chi connectivity index (χ3n) is 2.99. The van der Waals surface area contributed by atoms with Crippen LogP contribution in [-0.4, -0.2) is 11.5 Å². The number of nitrogens with one attached hydrogen (secondary N) is 1. The number of nitrogens with zero attached hydrogens (tertiary/aromatic N) is 1. The van der Waals surface area contributed by atoms with Crippen molar-refractivity contribution in [3.05, 3.63) is 34.6 Å². The monoisotopic (exact) mass is 280 g/mol. The Morgan fingerprint density at radius 1 is 1.50 bits per heavy atom. The molecule has 2 rings (SSSR count). The third kappa shape index (κ3) is 3.08. The summed E-state index contributed by atoms with van der Waals surface area (Å²) in [5.41, 5.74) is 2.30. The molecule has 0 saturated carbocycles. The van der Waals surface area contributed by atoms with Crippen LogP contribution in [0.4, 0.5) is 5.69 Å².